The van der Waals surface area contributed by atoms with Crippen molar-refractivity contribution >= 4 is 10.8 Å². The van der Waals surface area contributed by atoms with Gasteiger partial charge in [0.2, 0.25) is 0 Å². The molecule has 0 heterocycles. The van der Waals surface area contributed by atoms with Gasteiger partial charge in [0, 0.05) is 10.9 Å². The topological polar surface area (TPSA) is 0 Å². The number of hydrogen-bond acceptors (Lipinski definition) is 0. The third kappa shape index (κ3) is 4.10. The van der Waals surface area contributed by atoms with E-state index in [1.807, 2.05) is 36.4 Å². The molecule has 1 heteroatoms. The van der Waals surface area contributed by atoms with Crippen LogP contribution in [0.2, 0.25) is 0 Å². The van der Waals surface area contributed by atoms with E-state index in [1.54, 1.807) is 0 Å². The molecule has 0 saturated carbocycles. The van der Waals surface area contributed by atoms with Crippen LogP contribution in [0, 0.1) is 5.82 Å². The second-order valence-corrected chi connectivity index (χ2v) is 7.71. The number of halogens is 1. The molecule has 0 aromatic heterocycles. The summed E-state index contributed by atoms with van der Waals surface area (Å²) in [6.07, 6.45) is 4.55. The molecule has 0 unspecified atom stereocenters. The van der Waals surface area contributed by atoms with Crippen molar-refractivity contribution in [1.29, 1.82) is 0 Å². The van der Waals surface area contributed by atoms with E-state index in [4.69, 9.17) is 0 Å². The van der Waals surface area contributed by atoms with Crippen LogP contribution >= 0.6 is 0 Å². The summed E-state index contributed by atoms with van der Waals surface area (Å²) in [7, 11) is 0. The fourth-order valence-electron chi connectivity index (χ4n) is 3.86. The average molecular weight is 383 g/mol. The Morgan fingerprint density at radius 3 is 2.00 bits per heavy atom. The molecule has 0 saturated heterocycles. The molecule has 29 heavy (non-hydrogen) atoms. The van der Waals surface area contributed by atoms with Gasteiger partial charge < -0.3 is 0 Å². The summed E-state index contributed by atoms with van der Waals surface area (Å²) in [5, 5.41) is 1.61. The molecule has 0 aliphatic carbocycles. The van der Waals surface area contributed by atoms with Crippen molar-refractivity contribution in [3.63, 3.8) is 0 Å². The molecule has 146 valence electrons. The van der Waals surface area contributed by atoms with Crippen molar-refractivity contribution in [2.24, 2.45) is 0 Å². The predicted octanol–water partition coefficient (Wildman–Crippen LogP) is 8.22. The van der Waals surface area contributed by atoms with E-state index in [9.17, 15) is 0 Å². The maximum Gasteiger partial charge on any atom is 0.138 e. The van der Waals surface area contributed by atoms with Crippen LogP contribution in [-0.4, -0.2) is 0 Å². The van der Waals surface area contributed by atoms with Crippen LogP contribution in [0.3, 0.4) is 0 Å². The third-order valence-electron chi connectivity index (χ3n) is 5.73. The number of benzene rings is 4. The lowest BCUT2D eigenvalue weighted by Gasteiger charge is -2.10. The molecule has 4 rings (SSSR count). The lowest BCUT2D eigenvalue weighted by atomic mass is 9.96. The minimum Gasteiger partial charge on any atom is -0.206 e. The molecule has 0 N–H and O–H groups in total. The fourth-order valence-corrected chi connectivity index (χ4v) is 3.86. The Balaban J connectivity index is 1.66. The molecule has 0 bridgehead atoms. The van der Waals surface area contributed by atoms with E-state index in [0.717, 1.165) is 29.4 Å². The van der Waals surface area contributed by atoms with Crippen molar-refractivity contribution < 1.29 is 4.39 Å². The first-order chi connectivity index (χ1) is 14.2. The fraction of sp³-hybridized carbons (Fsp3) is 0.214. The summed E-state index contributed by atoms with van der Waals surface area (Å²) in [5.41, 5.74) is 6.52. The molecule has 0 radical (unpaired) electrons. The zero-order valence-electron chi connectivity index (χ0n) is 17.2. The SMILES string of the molecule is CCCCc1ccc(-c2ccc3c(F)c(-c4ccc(CC)cc4)ccc3c2)cc1. The van der Waals surface area contributed by atoms with Crippen molar-refractivity contribution in [3.8, 4) is 22.3 Å². The van der Waals surface area contributed by atoms with Gasteiger partial charge in [-0.1, -0.05) is 93.1 Å². The lowest BCUT2D eigenvalue weighted by molar-refractivity contribution is 0.643. The van der Waals surface area contributed by atoms with Crippen molar-refractivity contribution in [1.82, 2.24) is 0 Å². The van der Waals surface area contributed by atoms with Crippen molar-refractivity contribution in [3.05, 3.63) is 95.8 Å². The van der Waals surface area contributed by atoms with Crippen LogP contribution in [0.1, 0.15) is 37.8 Å². The second kappa shape index (κ2) is 8.61. The van der Waals surface area contributed by atoms with Crippen LogP contribution < -0.4 is 0 Å². The zero-order valence-corrected chi connectivity index (χ0v) is 17.2. The van der Waals surface area contributed by atoms with E-state index < -0.39 is 0 Å². The Bertz CT molecular complexity index is 1110. The van der Waals surface area contributed by atoms with E-state index in [-0.39, 0.29) is 5.82 Å². The minimum absolute atomic E-state index is 0.145. The van der Waals surface area contributed by atoms with E-state index in [0.29, 0.717) is 10.9 Å². The quantitative estimate of drug-likeness (QED) is 0.315. The summed E-state index contributed by atoms with van der Waals surface area (Å²) in [5.74, 6) is -0.145. The molecular formula is C28H27F. The van der Waals surface area contributed by atoms with Gasteiger partial charge in [0.05, 0.1) is 0 Å². The van der Waals surface area contributed by atoms with Crippen LogP contribution in [0.25, 0.3) is 33.0 Å². The number of fused-ring (bicyclic) bond motifs is 1. The van der Waals surface area contributed by atoms with E-state index in [2.05, 4.69) is 56.3 Å². The van der Waals surface area contributed by atoms with Gasteiger partial charge in [0.1, 0.15) is 5.82 Å². The Hall–Kier alpha value is -2.93. The largest absolute Gasteiger partial charge is 0.206 e. The van der Waals surface area contributed by atoms with Crippen molar-refractivity contribution in [2.75, 3.05) is 0 Å². The molecule has 0 spiro atoms. The van der Waals surface area contributed by atoms with E-state index >= 15 is 4.39 Å². The highest BCUT2D eigenvalue weighted by Gasteiger charge is 2.10. The Labute approximate surface area is 173 Å². The van der Waals surface area contributed by atoms with Gasteiger partial charge in [-0.15, -0.1) is 0 Å². The maximum atomic E-state index is 15.2. The van der Waals surface area contributed by atoms with Gasteiger partial charge in [-0.05, 0) is 58.5 Å². The molecule has 0 nitrogen and oxygen atoms in total. The molecule has 0 aliphatic rings. The van der Waals surface area contributed by atoms with Gasteiger partial charge in [-0.25, -0.2) is 4.39 Å². The van der Waals surface area contributed by atoms with Crippen LogP contribution in [0.4, 0.5) is 4.39 Å². The lowest BCUT2D eigenvalue weighted by Crippen LogP contribution is -1.89. The van der Waals surface area contributed by atoms with Crippen LogP contribution in [0.15, 0.2) is 78.9 Å². The summed E-state index contributed by atoms with van der Waals surface area (Å²) in [4.78, 5) is 0. The molecule has 0 amide bonds. The smallest absolute Gasteiger partial charge is 0.138 e. The highest BCUT2D eigenvalue weighted by molar-refractivity contribution is 5.91. The van der Waals surface area contributed by atoms with Crippen LogP contribution in [0.5, 0.6) is 0 Å². The minimum atomic E-state index is -0.145. The predicted molar refractivity (Wildman–Crippen MR) is 123 cm³/mol. The molecule has 0 fully saturated rings. The molecule has 0 atom stereocenters. The number of aryl methyl sites for hydroxylation is 2. The second-order valence-electron chi connectivity index (χ2n) is 7.71. The normalized spacial score (nSPS) is 11.1. The first kappa shape index (κ1) is 19.4. The Kier molecular flexibility index (Phi) is 5.76. The monoisotopic (exact) mass is 382 g/mol. The highest BCUT2D eigenvalue weighted by Crippen LogP contribution is 2.32. The molecule has 4 aromatic rings. The van der Waals surface area contributed by atoms with Gasteiger partial charge in [0.25, 0.3) is 0 Å². The van der Waals surface area contributed by atoms with Crippen molar-refractivity contribution in [2.45, 2.75) is 39.5 Å². The maximum absolute atomic E-state index is 15.2. The first-order valence-corrected chi connectivity index (χ1v) is 10.6. The van der Waals surface area contributed by atoms with Gasteiger partial charge in [-0.2, -0.15) is 0 Å². The highest BCUT2D eigenvalue weighted by atomic mass is 19.1. The summed E-state index contributed by atoms with van der Waals surface area (Å²) < 4.78 is 15.2. The van der Waals surface area contributed by atoms with Gasteiger partial charge in [0.15, 0.2) is 0 Å². The van der Waals surface area contributed by atoms with Gasteiger partial charge >= 0.3 is 0 Å². The first-order valence-electron chi connectivity index (χ1n) is 10.6. The molecule has 0 aliphatic heterocycles. The average Bonchev–Trinajstić information content (AvgIpc) is 2.78. The molecular weight excluding hydrogens is 355 g/mol. The summed E-state index contributed by atoms with van der Waals surface area (Å²) >= 11 is 0. The van der Waals surface area contributed by atoms with E-state index in [1.165, 1.54) is 29.5 Å². The Morgan fingerprint density at radius 1 is 0.655 bits per heavy atom. The van der Waals surface area contributed by atoms with Crippen LogP contribution in [-0.2, 0) is 12.8 Å². The number of unbranched alkanes of at least 4 members (excludes halogenated alkanes) is 1. The standard InChI is InChI=1S/C28H27F/c1-3-5-6-21-9-11-22(12-10-21)24-15-17-27-25(19-24)16-18-26(28(27)29)23-13-7-20(4-2)8-14-23/h7-19H,3-6H2,1-2H3. The summed E-state index contributed by atoms with van der Waals surface area (Å²) in [6, 6.07) is 26.9. The zero-order chi connectivity index (χ0) is 20.2. The number of rotatable bonds is 6. The third-order valence-corrected chi connectivity index (χ3v) is 5.73. The van der Waals surface area contributed by atoms with Gasteiger partial charge in [-0.3, -0.25) is 0 Å². The summed E-state index contributed by atoms with van der Waals surface area (Å²) in [6.45, 7) is 4.34. The molecule has 4 aromatic carbocycles. The number of hydrogen-bond donors (Lipinski definition) is 0. The Morgan fingerprint density at radius 2 is 1.31 bits per heavy atom.